The molecule has 2 aromatic carbocycles. The van der Waals surface area contributed by atoms with Gasteiger partial charge in [0.2, 0.25) is 0 Å². The van der Waals surface area contributed by atoms with E-state index in [2.05, 4.69) is 10.3 Å². The van der Waals surface area contributed by atoms with Gasteiger partial charge < -0.3 is 10.1 Å². The highest BCUT2D eigenvalue weighted by Crippen LogP contribution is 2.38. The fraction of sp³-hybridized carbons (Fsp3) is 0.167. The minimum Gasteiger partial charge on any atom is -0.480 e. The van der Waals surface area contributed by atoms with Gasteiger partial charge in [0, 0.05) is 39.1 Å². The number of halogens is 4. The average Bonchev–Trinajstić information content (AvgIpc) is 2.92. The van der Waals surface area contributed by atoms with Crippen LogP contribution in [0.3, 0.4) is 0 Å². The van der Waals surface area contributed by atoms with Gasteiger partial charge >= 0.3 is 5.97 Å². The number of carboxylic acids is 1. The number of nitrogens with one attached hydrogen (secondary N) is 2. The maximum Gasteiger partial charge on any atom is 0.321 e. The minimum absolute atomic E-state index is 0.136. The Bertz CT molecular complexity index is 1050. The number of carboxylic acid groups (broad SMARTS) is 1. The van der Waals surface area contributed by atoms with Crippen molar-refractivity contribution in [1.29, 1.82) is 0 Å². The lowest BCUT2D eigenvalue weighted by Gasteiger charge is -2.30. The first-order chi connectivity index (χ1) is 12.3. The summed E-state index contributed by atoms with van der Waals surface area (Å²) in [5.41, 5.74) is 2.28. The molecule has 0 spiro atoms. The molecule has 0 radical (unpaired) electrons. The number of aliphatic carboxylic acids is 1. The lowest BCUT2D eigenvalue weighted by molar-refractivity contribution is -0.139. The van der Waals surface area contributed by atoms with Crippen LogP contribution in [0.1, 0.15) is 22.9 Å². The standard InChI is InChI=1S/C18H12Cl2F2N2O2/c19-7-1-2-8(11(20)3-7)16-17-10(5-15(24-16)18(25)26)9-4-12(21)13(22)6-14(9)23-17/h1-4,6,15-16,23-24H,5H2,(H,25,26)/t15-,16+/m0/s1. The highest BCUT2D eigenvalue weighted by molar-refractivity contribution is 6.35. The molecule has 26 heavy (non-hydrogen) atoms. The molecule has 1 aromatic heterocycles. The third-order valence-electron chi connectivity index (χ3n) is 4.62. The second-order valence-electron chi connectivity index (χ2n) is 6.19. The number of rotatable bonds is 2. The molecule has 0 fully saturated rings. The molecule has 0 bridgehead atoms. The molecule has 0 unspecified atom stereocenters. The van der Waals surface area contributed by atoms with Gasteiger partial charge in [-0.2, -0.15) is 0 Å². The van der Waals surface area contributed by atoms with E-state index in [0.717, 1.165) is 12.1 Å². The molecule has 2 heterocycles. The fourth-order valence-electron chi connectivity index (χ4n) is 3.42. The summed E-state index contributed by atoms with van der Waals surface area (Å²) in [5.74, 6) is -2.99. The van der Waals surface area contributed by atoms with E-state index in [-0.39, 0.29) is 6.42 Å². The molecule has 0 saturated carbocycles. The van der Waals surface area contributed by atoms with Gasteiger partial charge in [0.1, 0.15) is 6.04 Å². The SMILES string of the molecule is O=C(O)[C@@H]1Cc2c([nH]c3cc(F)c(F)cc23)[C@@H](c2ccc(Cl)cc2Cl)N1. The zero-order chi connectivity index (χ0) is 18.6. The summed E-state index contributed by atoms with van der Waals surface area (Å²) in [6, 6.07) is 5.59. The van der Waals surface area contributed by atoms with Gasteiger partial charge in [-0.1, -0.05) is 29.3 Å². The van der Waals surface area contributed by atoms with Crippen molar-refractivity contribution in [2.45, 2.75) is 18.5 Å². The second-order valence-corrected chi connectivity index (χ2v) is 7.03. The fourth-order valence-corrected chi connectivity index (χ4v) is 3.94. The molecule has 3 aromatic rings. The van der Waals surface area contributed by atoms with Crippen molar-refractivity contribution in [2.75, 3.05) is 0 Å². The number of fused-ring (bicyclic) bond motifs is 3. The maximum atomic E-state index is 13.7. The van der Waals surface area contributed by atoms with Crippen molar-refractivity contribution in [3.63, 3.8) is 0 Å². The van der Waals surface area contributed by atoms with Gasteiger partial charge in [-0.3, -0.25) is 10.1 Å². The first kappa shape index (κ1) is 17.3. The lowest BCUT2D eigenvalue weighted by Crippen LogP contribution is -2.45. The van der Waals surface area contributed by atoms with Crippen molar-refractivity contribution in [3.05, 3.63) is 68.8 Å². The Morgan fingerprint density at radius 3 is 2.58 bits per heavy atom. The lowest BCUT2D eigenvalue weighted by atomic mass is 9.90. The van der Waals surface area contributed by atoms with Crippen LogP contribution in [0.25, 0.3) is 10.9 Å². The third-order valence-corrected chi connectivity index (χ3v) is 5.18. The van der Waals surface area contributed by atoms with Crippen LogP contribution in [0.4, 0.5) is 8.78 Å². The summed E-state index contributed by atoms with van der Waals surface area (Å²) >= 11 is 12.2. The quantitative estimate of drug-likeness (QED) is 0.599. The van der Waals surface area contributed by atoms with Crippen LogP contribution in [0.5, 0.6) is 0 Å². The maximum absolute atomic E-state index is 13.7. The van der Waals surface area contributed by atoms with Gasteiger partial charge in [0.05, 0.1) is 6.04 Å². The molecule has 8 heteroatoms. The van der Waals surface area contributed by atoms with E-state index >= 15 is 0 Å². The Kier molecular flexibility index (Phi) is 4.14. The number of aromatic nitrogens is 1. The molecular formula is C18H12Cl2F2N2O2. The van der Waals surface area contributed by atoms with Crippen molar-refractivity contribution in [1.82, 2.24) is 10.3 Å². The number of H-pyrrole nitrogens is 1. The van der Waals surface area contributed by atoms with E-state index in [1.165, 1.54) is 0 Å². The summed E-state index contributed by atoms with van der Waals surface area (Å²) < 4.78 is 27.3. The van der Waals surface area contributed by atoms with Gasteiger partial charge in [0.15, 0.2) is 11.6 Å². The smallest absolute Gasteiger partial charge is 0.321 e. The van der Waals surface area contributed by atoms with Crippen molar-refractivity contribution in [2.24, 2.45) is 0 Å². The molecule has 0 saturated heterocycles. The Morgan fingerprint density at radius 2 is 1.88 bits per heavy atom. The van der Waals surface area contributed by atoms with Crippen LogP contribution in [-0.4, -0.2) is 22.1 Å². The topological polar surface area (TPSA) is 65.1 Å². The Balaban J connectivity index is 1.95. The Morgan fingerprint density at radius 1 is 1.15 bits per heavy atom. The van der Waals surface area contributed by atoms with Crippen LogP contribution in [-0.2, 0) is 11.2 Å². The summed E-state index contributed by atoms with van der Waals surface area (Å²) in [6.45, 7) is 0. The molecule has 3 N–H and O–H groups in total. The molecule has 1 aliphatic heterocycles. The van der Waals surface area contributed by atoms with Gasteiger partial charge in [0.25, 0.3) is 0 Å². The summed E-state index contributed by atoms with van der Waals surface area (Å²) in [7, 11) is 0. The zero-order valence-electron chi connectivity index (χ0n) is 13.1. The number of hydrogen-bond acceptors (Lipinski definition) is 2. The van der Waals surface area contributed by atoms with Gasteiger partial charge in [-0.05, 0) is 29.3 Å². The van der Waals surface area contributed by atoms with Crippen molar-refractivity contribution < 1.29 is 18.7 Å². The van der Waals surface area contributed by atoms with E-state index in [9.17, 15) is 18.7 Å². The monoisotopic (exact) mass is 396 g/mol. The number of benzene rings is 2. The second kappa shape index (κ2) is 6.23. The van der Waals surface area contributed by atoms with Crippen LogP contribution in [0.15, 0.2) is 30.3 Å². The van der Waals surface area contributed by atoms with E-state index in [1.807, 2.05) is 0 Å². The minimum atomic E-state index is -1.04. The summed E-state index contributed by atoms with van der Waals surface area (Å²) in [6.07, 6.45) is 0.136. The van der Waals surface area contributed by atoms with Crippen molar-refractivity contribution >= 4 is 40.1 Å². The van der Waals surface area contributed by atoms with E-state index < -0.39 is 29.7 Å². The van der Waals surface area contributed by atoms with Crippen molar-refractivity contribution in [3.8, 4) is 0 Å². The van der Waals surface area contributed by atoms with E-state index in [4.69, 9.17) is 23.2 Å². The van der Waals surface area contributed by atoms with Crippen LogP contribution in [0.2, 0.25) is 10.0 Å². The average molecular weight is 397 g/mol. The largest absolute Gasteiger partial charge is 0.480 e. The molecular weight excluding hydrogens is 385 g/mol. The third kappa shape index (κ3) is 2.74. The first-order valence-electron chi connectivity index (χ1n) is 7.78. The van der Waals surface area contributed by atoms with Crippen LogP contribution in [0, 0.1) is 11.6 Å². The predicted octanol–water partition coefficient (Wildman–Crippen LogP) is 4.44. The molecule has 0 amide bonds. The van der Waals surface area contributed by atoms with E-state index in [0.29, 0.717) is 37.8 Å². The molecule has 134 valence electrons. The highest BCUT2D eigenvalue weighted by atomic mass is 35.5. The number of carbonyl (C=O) groups is 1. The molecule has 4 rings (SSSR count). The Hall–Kier alpha value is -2.15. The summed E-state index contributed by atoms with van der Waals surface area (Å²) in [4.78, 5) is 14.7. The molecule has 2 atom stereocenters. The zero-order valence-corrected chi connectivity index (χ0v) is 14.6. The Labute approximate surface area is 156 Å². The van der Waals surface area contributed by atoms with Crippen LogP contribution < -0.4 is 5.32 Å². The number of aromatic amines is 1. The molecule has 1 aliphatic rings. The van der Waals surface area contributed by atoms with Gasteiger partial charge in [-0.25, -0.2) is 8.78 Å². The normalized spacial score (nSPS) is 19.5. The summed E-state index contributed by atoms with van der Waals surface area (Å²) in [5, 5.41) is 13.8. The van der Waals surface area contributed by atoms with Crippen LogP contribution >= 0.6 is 23.2 Å². The molecule has 4 nitrogen and oxygen atoms in total. The predicted molar refractivity (Wildman–Crippen MR) is 94.8 cm³/mol. The number of hydrogen-bond donors (Lipinski definition) is 3. The first-order valence-corrected chi connectivity index (χ1v) is 8.54. The molecule has 0 aliphatic carbocycles. The van der Waals surface area contributed by atoms with Gasteiger partial charge in [-0.15, -0.1) is 0 Å². The van der Waals surface area contributed by atoms with E-state index in [1.54, 1.807) is 18.2 Å². The highest BCUT2D eigenvalue weighted by Gasteiger charge is 2.35.